The first-order chi connectivity index (χ1) is 9.10. The van der Waals surface area contributed by atoms with Crippen molar-refractivity contribution < 1.29 is 0 Å². The summed E-state index contributed by atoms with van der Waals surface area (Å²) in [5.41, 5.74) is 0.881. The van der Waals surface area contributed by atoms with Crippen molar-refractivity contribution in [3.63, 3.8) is 0 Å². The van der Waals surface area contributed by atoms with Crippen molar-refractivity contribution in [3.8, 4) is 0 Å². The van der Waals surface area contributed by atoms with E-state index >= 15 is 0 Å². The van der Waals surface area contributed by atoms with Gasteiger partial charge in [-0.2, -0.15) is 0 Å². The quantitative estimate of drug-likeness (QED) is 0.796. The van der Waals surface area contributed by atoms with Crippen LogP contribution in [0.3, 0.4) is 0 Å². The molecule has 3 nitrogen and oxygen atoms in total. The predicted octanol–water partition coefficient (Wildman–Crippen LogP) is 3.30. The van der Waals surface area contributed by atoms with E-state index in [4.69, 9.17) is 23.2 Å². The van der Waals surface area contributed by atoms with E-state index in [9.17, 15) is 0 Å². The third-order valence-electron chi connectivity index (χ3n) is 3.88. The van der Waals surface area contributed by atoms with Crippen LogP contribution in [-0.4, -0.2) is 47.0 Å². The van der Waals surface area contributed by atoms with Gasteiger partial charge in [-0.25, -0.2) is 4.98 Å². The highest BCUT2D eigenvalue weighted by atomic mass is 35.5. The second-order valence-electron chi connectivity index (χ2n) is 5.13. The Balaban J connectivity index is 1.90. The van der Waals surface area contributed by atoms with E-state index in [1.807, 2.05) is 6.07 Å². The fraction of sp³-hybridized carbons (Fsp3) is 0.643. The zero-order chi connectivity index (χ0) is 13.8. The lowest BCUT2D eigenvalue weighted by molar-refractivity contribution is 0.0956. The molecule has 1 fully saturated rings. The zero-order valence-electron chi connectivity index (χ0n) is 11.6. The number of pyridine rings is 1. The molecule has 1 aliphatic heterocycles. The van der Waals surface area contributed by atoms with Gasteiger partial charge < -0.3 is 0 Å². The van der Waals surface area contributed by atoms with E-state index in [-0.39, 0.29) is 0 Å². The maximum Gasteiger partial charge on any atom is 0.129 e. The molecule has 0 aromatic carbocycles. The summed E-state index contributed by atoms with van der Waals surface area (Å²) in [7, 11) is 0. The first-order valence-electron chi connectivity index (χ1n) is 6.87. The summed E-state index contributed by atoms with van der Waals surface area (Å²) in [6.45, 7) is 9.69. The molecule has 1 aromatic heterocycles. The maximum absolute atomic E-state index is 6.16. The first kappa shape index (κ1) is 15.0. The van der Waals surface area contributed by atoms with E-state index in [0.717, 1.165) is 38.4 Å². The fourth-order valence-electron chi connectivity index (χ4n) is 2.40. The normalized spacial score (nSPS) is 19.6. The summed E-state index contributed by atoms with van der Waals surface area (Å²) < 4.78 is 0. The van der Waals surface area contributed by atoms with Gasteiger partial charge in [-0.15, -0.1) is 0 Å². The number of nitrogens with zero attached hydrogens (tertiary/aromatic N) is 3. The van der Waals surface area contributed by atoms with Crippen LogP contribution in [0.1, 0.15) is 26.0 Å². The molecule has 0 aliphatic carbocycles. The average Bonchev–Trinajstić information content (AvgIpc) is 2.43. The fourth-order valence-corrected chi connectivity index (χ4v) is 2.73. The summed E-state index contributed by atoms with van der Waals surface area (Å²) in [6.07, 6.45) is 1.21. The molecule has 0 amide bonds. The second-order valence-corrected chi connectivity index (χ2v) is 5.93. The van der Waals surface area contributed by atoms with Crippen LogP contribution >= 0.6 is 23.2 Å². The molecule has 0 bridgehead atoms. The monoisotopic (exact) mass is 301 g/mol. The van der Waals surface area contributed by atoms with Crippen molar-refractivity contribution in [1.29, 1.82) is 0 Å². The number of piperazine rings is 1. The number of halogens is 2. The van der Waals surface area contributed by atoms with E-state index in [1.165, 1.54) is 6.42 Å². The molecule has 2 heterocycles. The van der Waals surface area contributed by atoms with E-state index < -0.39 is 0 Å². The minimum atomic E-state index is 0.512. The third kappa shape index (κ3) is 4.06. The number of rotatable bonds is 4. The SMILES string of the molecule is CCC(C)N1CCN(Cc2nc(Cl)ccc2Cl)CC1. The minimum absolute atomic E-state index is 0.512. The van der Waals surface area contributed by atoms with Crippen LogP contribution in [0.25, 0.3) is 0 Å². The molecule has 19 heavy (non-hydrogen) atoms. The van der Waals surface area contributed by atoms with Crippen LogP contribution in [-0.2, 0) is 6.54 Å². The van der Waals surface area contributed by atoms with Crippen LogP contribution in [0.4, 0.5) is 0 Å². The Bertz CT molecular complexity index is 417. The van der Waals surface area contributed by atoms with E-state index in [1.54, 1.807) is 6.07 Å². The van der Waals surface area contributed by atoms with Crippen LogP contribution in [0.15, 0.2) is 12.1 Å². The number of hydrogen-bond donors (Lipinski definition) is 0. The molecule has 0 saturated carbocycles. The molecule has 106 valence electrons. The van der Waals surface area contributed by atoms with Crippen molar-refractivity contribution in [2.24, 2.45) is 0 Å². The van der Waals surface area contributed by atoms with Gasteiger partial charge in [-0.05, 0) is 25.5 Å². The molecule has 1 saturated heterocycles. The second kappa shape index (κ2) is 6.89. The van der Waals surface area contributed by atoms with Gasteiger partial charge in [0.1, 0.15) is 5.15 Å². The molecule has 0 radical (unpaired) electrons. The topological polar surface area (TPSA) is 19.4 Å². The summed E-state index contributed by atoms with van der Waals surface area (Å²) in [6, 6.07) is 4.23. The van der Waals surface area contributed by atoms with E-state index in [2.05, 4.69) is 28.6 Å². The molecular weight excluding hydrogens is 281 g/mol. The van der Waals surface area contributed by atoms with Crippen molar-refractivity contribution in [2.75, 3.05) is 26.2 Å². The zero-order valence-corrected chi connectivity index (χ0v) is 13.1. The standard InChI is InChI=1S/C14H21Cl2N3/c1-3-11(2)19-8-6-18(7-9-19)10-13-12(15)4-5-14(16)17-13/h4-5,11H,3,6-10H2,1-2H3. The van der Waals surface area contributed by atoms with Gasteiger partial charge in [0.15, 0.2) is 0 Å². The van der Waals surface area contributed by atoms with Gasteiger partial charge in [0.25, 0.3) is 0 Å². The lowest BCUT2D eigenvalue weighted by atomic mass is 10.2. The van der Waals surface area contributed by atoms with Crippen LogP contribution in [0, 0.1) is 0 Å². The van der Waals surface area contributed by atoms with Gasteiger partial charge in [0.2, 0.25) is 0 Å². The molecule has 5 heteroatoms. The molecule has 1 aliphatic rings. The molecule has 0 N–H and O–H groups in total. The lowest BCUT2D eigenvalue weighted by Crippen LogP contribution is -2.49. The van der Waals surface area contributed by atoms with Crippen LogP contribution in [0.5, 0.6) is 0 Å². The van der Waals surface area contributed by atoms with Gasteiger partial charge >= 0.3 is 0 Å². The summed E-state index contributed by atoms with van der Waals surface area (Å²) in [5.74, 6) is 0. The lowest BCUT2D eigenvalue weighted by Gasteiger charge is -2.37. The predicted molar refractivity (Wildman–Crippen MR) is 80.9 cm³/mol. The van der Waals surface area contributed by atoms with Gasteiger partial charge in [-0.1, -0.05) is 30.1 Å². The molecule has 1 atom stereocenters. The van der Waals surface area contributed by atoms with Gasteiger partial charge in [-0.3, -0.25) is 9.80 Å². The third-order valence-corrected chi connectivity index (χ3v) is 4.43. The Kier molecular flexibility index (Phi) is 5.46. The molecule has 1 unspecified atom stereocenters. The minimum Gasteiger partial charge on any atom is -0.298 e. The molecule has 2 rings (SSSR count). The number of hydrogen-bond acceptors (Lipinski definition) is 3. The van der Waals surface area contributed by atoms with Gasteiger partial charge in [0, 0.05) is 38.8 Å². The highest BCUT2D eigenvalue weighted by molar-refractivity contribution is 6.32. The van der Waals surface area contributed by atoms with Crippen molar-refractivity contribution in [3.05, 3.63) is 28.0 Å². The van der Waals surface area contributed by atoms with Crippen molar-refractivity contribution >= 4 is 23.2 Å². The molecule has 1 aromatic rings. The summed E-state index contributed by atoms with van der Waals surface area (Å²) in [5, 5.41) is 1.21. The summed E-state index contributed by atoms with van der Waals surface area (Å²) in [4.78, 5) is 9.25. The van der Waals surface area contributed by atoms with Gasteiger partial charge in [0.05, 0.1) is 10.7 Å². The Morgan fingerprint density at radius 2 is 1.89 bits per heavy atom. The largest absolute Gasteiger partial charge is 0.298 e. The summed E-state index contributed by atoms with van der Waals surface area (Å²) >= 11 is 12.1. The van der Waals surface area contributed by atoms with Crippen LogP contribution in [0.2, 0.25) is 10.2 Å². The average molecular weight is 302 g/mol. The Hall–Kier alpha value is -0.350. The Morgan fingerprint density at radius 3 is 2.53 bits per heavy atom. The maximum atomic E-state index is 6.16. The van der Waals surface area contributed by atoms with Crippen LogP contribution < -0.4 is 0 Å². The molecular formula is C14H21Cl2N3. The van der Waals surface area contributed by atoms with E-state index in [0.29, 0.717) is 16.2 Å². The van der Waals surface area contributed by atoms with Crippen molar-refractivity contribution in [1.82, 2.24) is 14.8 Å². The highest BCUT2D eigenvalue weighted by Crippen LogP contribution is 2.19. The number of aromatic nitrogens is 1. The smallest absolute Gasteiger partial charge is 0.129 e. The Morgan fingerprint density at radius 1 is 1.21 bits per heavy atom. The van der Waals surface area contributed by atoms with Crippen molar-refractivity contribution in [2.45, 2.75) is 32.9 Å². The highest BCUT2D eigenvalue weighted by Gasteiger charge is 2.20. The first-order valence-corrected chi connectivity index (χ1v) is 7.63. The molecule has 0 spiro atoms. The Labute approximate surface area is 125 Å².